The van der Waals surface area contributed by atoms with E-state index >= 15 is 0 Å². The van der Waals surface area contributed by atoms with Crippen molar-refractivity contribution in [3.05, 3.63) is 70.8 Å². The Bertz CT molecular complexity index is 450. The molecule has 17 heavy (non-hydrogen) atoms. The maximum absolute atomic E-state index is 8.11. The number of benzene rings is 2. The van der Waals surface area contributed by atoms with Crippen molar-refractivity contribution in [1.29, 1.82) is 5.41 Å². The minimum atomic E-state index is 0. The van der Waals surface area contributed by atoms with Crippen LogP contribution in [0.2, 0.25) is 0 Å². The highest BCUT2D eigenvalue weighted by Gasteiger charge is 2.03. The maximum atomic E-state index is 8.11. The first-order valence-corrected chi connectivity index (χ1v) is 5.39. The number of aryl methyl sites for hydroxylation is 2. The zero-order chi connectivity index (χ0) is 11.5. The normalized spacial score (nSPS) is 9.53. The molecular weight excluding hydrogens is 230 g/mol. The Morgan fingerprint density at radius 1 is 0.706 bits per heavy atom. The van der Waals surface area contributed by atoms with Gasteiger partial charge < -0.3 is 0 Å². The number of rotatable bonds is 2. The van der Waals surface area contributed by atoms with Crippen LogP contribution >= 0.6 is 12.4 Å². The highest BCUT2D eigenvalue weighted by molar-refractivity contribution is 6.10. The molecule has 0 unspecified atom stereocenters. The highest BCUT2D eigenvalue weighted by Crippen LogP contribution is 2.11. The molecular formula is C15H16ClN. The van der Waals surface area contributed by atoms with Gasteiger partial charge in [-0.1, -0.05) is 59.7 Å². The Labute approximate surface area is 108 Å². The molecule has 0 saturated carbocycles. The monoisotopic (exact) mass is 245 g/mol. The van der Waals surface area contributed by atoms with Gasteiger partial charge in [-0.05, 0) is 13.8 Å². The van der Waals surface area contributed by atoms with Gasteiger partial charge >= 0.3 is 0 Å². The summed E-state index contributed by atoms with van der Waals surface area (Å²) in [5.41, 5.74) is 4.96. The summed E-state index contributed by atoms with van der Waals surface area (Å²) >= 11 is 0. The molecule has 2 rings (SSSR count). The molecule has 0 amide bonds. The van der Waals surface area contributed by atoms with E-state index in [1.54, 1.807) is 0 Å². The van der Waals surface area contributed by atoms with E-state index in [-0.39, 0.29) is 12.4 Å². The summed E-state index contributed by atoms with van der Waals surface area (Å²) in [5.74, 6) is 0. The molecule has 0 aromatic heterocycles. The first-order valence-electron chi connectivity index (χ1n) is 5.39. The fourth-order valence-electron chi connectivity index (χ4n) is 1.61. The number of halogens is 1. The lowest BCUT2D eigenvalue weighted by molar-refractivity contribution is 1.40. The van der Waals surface area contributed by atoms with Crippen LogP contribution < -0.4 is 0 Å². The third kappa shape index (κ3) is 3.18. The zero-order valence-electron chi connectivity index (χ0n) is 10.0. The van der Waals surface area contributed by atoms with Gasteiger partial charge in [0, 0.05) is 11.1 Å². The summed E-state index contributed by atoms with van der Waals surface area (Å²) < 4.78 is 0. The van der Waals surface area contributed by atoms with E-state index in [0.29, 0.717) is 5.71 Å². The molecule has 2 heteroatoms. The quantitative estimate of drug-likeness (QED) is 0.769. The molecule has 0 heterocycles. The molecule has 2 aromatic carbocycles. The van der Waals surface area contributed by atoms with Gasteiger partial charge in [0.25, 0.3) is 0 Å². The Morgan fingerprint density at radius 3 is 1.29 bits per heavy atom. The molecule has 0 bridgehead atoms. The van der Waals surface area contributed by atoms with Crippen LogP contribution in [0.5, 0.6) is 0 Å². The second-order valence-electron chi connectivity index (χ2n) is 4.11. The smallest absolute Gasteiger partial charge is 0.0684 e. The molecule has 0 aliphatic rings. The fourth-order valence-corrected chi connectivity index (χ4v) is 1.61. The van der Waals surface area contributed by atoms with Gasteiger partial charge in [-0.2, -0.15) is 0 Å². The molecule has 1 N–H and O–H groups in total. The highest BCUT2D eigenvalue weighted by atomic mass is 35.5. The summed E-state index contributed by atoms with van der Waals surface area (Å²) in [5, 5.41) is 8.11. The minimum Gasteiger partial charge on any atom is -0.300 e. The molecule has 1 nitrogen and oxygen atoms in total. The second kappa shape index (κ2) is 5.65. The molecule has 0 radical (unpaired) electrons. The van der Waals surface area contributed by atoms with Gasteiger partial charge in [-0.3, -0.25) is 5.41 Å². The Kier molecular flexibility index (Phi) is 4.47. The number of hydrogen-bond acceptors (Lipinski definition) is 1. The number of nitrogens with one attached hydrogen (secondary N) is 1. The van der Waals surface area contributed by atoms with Crippen molar-refractivity contribution in [1.82, 2.24) is 0 Å². The lowest BCUT2D eigenvalue weighted by Crippen LogP contribution is -2.00. The third-order valence-electron chi connectivity index (χ3n) is 2.68. The van der Waals surface area contributed by atoms with Crippen LogP contribution in [0.25, 0.3) is 0 Å². The standard InChI is InChI=1S/C15H15N.ClH/c1-11-3-7-13(8-4-11)15(16)14-9-5-12(2)6-10-14;/h3-10,16H,1-2H3;1H. The van der Waals surface area contributed by atoms with Crippen LogP contribution in [0.4, 0.5) is 0 Å². The fraction of sp³-hybridized carbons (Fsp3) is 0.133. The van der Waals surface area contributed by atoms with Crippen LogP contribution in [-0.4, -0.2) is 5.71 Å². The van der Waals surface area contributed by atoms with E-state index < -0.39 is 0 Å². The van der Waals surface area contributed by atoms with Crippen LogP contribution in [0.1, 0.15) is 22.3 Å². The van der Waals surface area contributed by atoms with Crippen molar-refractivity contribution in [3.63, 3.8) is 0 Å². The minimum absolute atomic E-state index is 0. The van der Waals surface area contributed by atoms with Gasteiger partial charge in [0.15, 0.2) is 0 Å². The van der Waals surface area contributed by atoms with E-state index in [4.69, 9.17) is 5.41 Å². The van der Waals surface area contributed by atoms with Gasteiger partial charge in [-0.15, -0.1) is 12.4 Å². The van der Waals surface area contributed by atoms with Crippen LogP contribution in [-0.2, 0) is 0 Å². The van der Waals surface area contributed by atoms with E-state index in [1.165, 1.54) is 11.1 Å². The lowest BCUT2D eigenvalue weighted by Gasteiger charge is -2.05. The molecule has 0 fully saturated rings. The molecule has 88 valence electrons. The largest absolute Gasteiger partial charge is 0.300 e. The lowest BCUT2D eigenvalue weighted by atomic mass is 10.0. The molecule has 0 spiro atoms. The van der Waals surface area contributed by atoms with Crippen LogP contribution in [0, 0.1) is 19.3 Å². The predicted octanol–water partition coefficient (Wildman–Crippen LogP) is 4.14. The van der Waals surface area contributed by atoms with Gasteiger partial charge in [-0.25, -0.2) is 0 Å². The zero-order valence-corrected chi connectivity index (χ0v) is 10.8. The maximum Gasteiger partial charge on any atom is 0.0684 e. The first-order chi connectivity index (χ1) is 7.66. The van der Waals surface area contributed by atoms with Crippen LogP contribution in [0.15, 0.2) is 48.5 Å². The summed E-state index contributed by atoms with van der Waals surface area (Å²) in [6, 6.07) is 16.1. The van der Waals surface area contributed by atoms with E-state index in [0.717, 1.165) is 11.1 Å². The summed E-state index contributed by atoms with van der Waals surface area (Å²) in [6.45, 7) is 4.11. The average molecular weight is 246 g/mol. The van der Waals surface area contributed by atoms with E-state index in [1.807, 2.05) is 48.5 Å². The predicted molar refractivity (Wildman–Crippen MR) is 75.5 cm³/mol. The van der Waals surface area contributed by atoms with Crippen molar-refractivity contribution in [2.45, 2.75) is 13.8 Å². The SMILES string of the molecule is Cc1ccc(C(=N)c2ccc(C)cc2)cc1.Cl. The topological polar surface area (TPSA) is 23.9 Å². The Morgan fingerprint density at radius 2 is 1.00 bits per heavy atom. The number of hydrogen-bond donors (Lipinski definition) is 1. The summed E-state index contributed by atoms with van der Waals surface area (Å²) in [4.78, 5) is 0. The average Bonchev–Trinajstić information content (AvgIpc) is 2.30. The summed E-state index contributed by atoms with van der Waals surface area (Å²) in [7, 11) is 0. The van der Waals surface area contributed by atoms with Gasteiger partial charge in [0.2, 0.25) is 0 Å². The second-order valence-corrected chi connectivity index (χ2v) is 4.11. The Balaban J connectivity index is 0.00000144. The molecule has 0 saturated heterocycles. The van der Waals surface area contributed by atoms with Crippen molar-refractivity contribution in [2.24, 2.45) is 0 Å². The van der Waals surface area contributed by atoms with Crippen molar-refractivity contribution in [3.8, 4) is 0 Å². The summed E-state index contributed by atoms with van der Waals surface area (Å²) in [6.07, 6.45) is 0. The molecule has 0 aliphatic heterocycles. The molecule has 0 aliphatic carbocycles. The molecule has 0 atom stereocenters. The molecule has 2 aromatic rings. The van der Waals surface area contributed by atoms with E-state index in [2.05, 4.69) is 13.8 Å². The third-order valence-corrected chi connectivity index (χ3v) is 2.68. The first kappa shape index (κ1) is 13.5. The van der Waals surface area contributed by atoms with Crippen LogP contribution in [0.3, 0.4) is 0 Å². The Hall–Kier alpha value is -1.60. The van der Waals surface area contributed by atoms with Crippen molar-refractivity contribution >= 4 is 18.1 Å². The van der Waals surface area contributed by atoms with Gasteiger partial charge in [0.1, 0.15) is 0 Å². The van der Waals surface area contributed by atoms with Crippen molar-refractivity contribution < 1.29 is 0 Å². The van der Waals surface area contributed by atoms with Crippen molar-refractivity contribution in [2.75, 3.05) is 0 Å². The van der Waals surface area contributed by atoms with E-state index in [9.17, 15) is 0 Å². The van der Waals surface area contributed by atoms with Gasteiger partial charge in [0.05, 0.1) is 5.71 Å².